The lowest BCUT2D eigenvalue weighted by Gasteiger charge is -2.25. The predicted octanol–water partition coefficient (Wildman–Crippen LogP) is 5.75. The van der Waals surface area contributed by atoms with Crippen LogP contribution < -0.4 is 4.90 Å². The van der Waals surface area contributed by atoms with Crippen LogP contribution in [0.1, 0.15) is 33.5 Å². The fourth-order valence-electron chi connectivity index (χ4n) is 3.94. The molecule has 0 bridgehead atoms. The highest BCUT2D eigenvalue weighted by Crippen LogP contribution is 2.29. The maximum absolute atomic E-state index is 13.8. The van der Waals surface area contributed by atoms with Crippen LogP contribution in [0.25, 0.3) is 0 Å². The van der Waals surface area contributed by atoms with Gasteiger partial charge in [0.25, 0.3) is 5.91 Å². The molecular weight excluding hydrogens is 474 g/mol. The minimum Gasteiger partial charge on any atom is -0.390 e. The average Bonchev–Trinajstić information content (AvgIpc) is 3.31. The van der Waals surface area contributed by atoms with Crippen molar-refractivity contribution in [3.8, 4) is 0 Å². The Kier molecular flexibility index (Phi) is 7.28. The van der Waals surface area contributed by atoms with E-state index in [4.69, 9.17) is 4.84 Å². The van der Waals surface area contributed by atoms with Gasteiger partial charge in [-0.1, -0.05) is 35.5 Å². The molecule has 1 atom stereocenters. The molecule has 3 aromatic rings. The van der Waals surface area contributed by atoms with Crippen molar-refractivity contribution >= 4 is 17.3 Å². The zero-order chi connectivity index (χ0) is 25.9. The van der Waals surface area contributed by atoms with Gasteiger partial charge in [-0.25, -0.2) is 4.39 Å². The van der Waals surface area contributed by atoms with Gasteiger partial charge in [0.1, 0.15) is 5.82 Å². The van der Waals surface area contributed by atoms with Crippen molar-refractivity contribution in [1.82, 2.24) is 4.90 Å². The standard InChI is InChI=1S/C27H25F4N3O2/c1-33(2)23-12-8-19(9-13-23)25-15-24(36-32-25)17-34(26(35)20-4-3-5-22(28)14-20)16-18-6-10-21(11-7-18)27(29,30)31/h3-14,24H,15-17H2,1-2H3. The number of hydrogen-bond acceptors (Lipinski definition) is 4. The van der Waals surface area contributed by atoms with E-state index in [0.29, 0.717) is 12.0 Å². The van der Waals surface area contributed by atoms with E-state index >= 15 is 0 Å². The third kappa shape index (κ3) is 6.02. The van der Waals surface area contributed by atoms with Gasteiger partial charge in [-0.15, -0.1) is 0 Å². The molecule has 0 saturated heterocycles. The van der Waals surface area contributed by atoms with Crippen LogP contribution in [0.15, 0.2) is 78.0 Å². The Balaban J connectivity index is 1.50. The molecule has 0 spiro atoms. The van der Waals surface area contributed by atoms with E-state index in [1.807, 2.05) is 43.3 Å². The summed E-state index contributed by atoms with van der Waals surface area (Å²) in [7, 11) is 3.89. The number of hydrogen-bond donors (Lipinski definition) is 0. The maximum Gasteiger partial charge on any atom is 0.416 e. The van der Waals surface area contributed by atoms with Crippen molar-refractivity contribution in [3.05, 3.63) is 101 Å². The summed E-state index contributed by atoms with van der Waals surface area (Å²) in [5, 5.41) is 4.19. The van der Waals surface area contributed by atoms with E-state index < -0.39 is 29.6 Å². The molecule has 36 heavy (non-hydrogen) atoms. The number of nitrogens with zero attached hydrogens (tertiary/aromatic N) is 3. The van der Waals surface area contributed by atoms with E-state index in [-0.39, 0.29) is 18.7 Å². The highest BCUT2D eigenvalue weighted by Gasteiger charge is 2.31. The van der Waals surface area contributed by atoms with Crippen molar-refractivity contribution in [2.45, 2.75) is 25.2 Å². The molecule has 5 nitrogen and oxygen atoms in total. The van der Waals surface area contributed by atoms with E-state index in [1.54, 1.807) is 0 Å². The quantitative estimate of drug-likeness (QED) is 0.389. The summed E-state index contributed by atoms with van der Waals surface area (Å²) in [6.07, 6.45) is -4.46. The molecule has 0 aromatic heterocycles. The van der Waals surface area contributed by atoms with Crippen molar-refractivity contribution in [2.75, 3.05) is 25.5 Å². The summed E-state index contributed by atoms with van der Waals surface area (Å²) in [6.45, 7) is 0.152. The Hall–Kier alpha value is -3.88. The van der Waals surface area contributed by atoms with Gasteiger partial charge in [0.05, 0.1) is 17.8 Å². The number of amides is 1. The fraction of sp³-hybridized carbons (Fsp3) is 0.259. The number of halogens is 4. The van der Waals surface area contributed by atoms with Gasteiger partial charge in [-0.05, 0) is 53.6 Å². The highest BCUT2D eigenvalue weighted by molar-refractivity contribution is 6.01. The summed E-state index contributed by atoms with van der Waals surface area (Å²) < 4.78 is 52.6. The second-order valence-electron chi connectivity index (χ2n) is 8.80. The lowest BCUT2D eigenvalue weighted by molar-refractivity contribution is -0.137. The van der Waals surface area contributed by atoms with Gasteiger partial charge in [-0.2, -0.15) is 13.2 Å². The Labute approximate surface area is 206 Å². The van der Waals surface area contributed by atoms with Crippen LogP contribution in [0.5, 0.6) is 0 Å². The molecule has 0 saturated carbocycles. The molecule has 0 aliphatic carbocycles. The third-order valence-electron chi connectivity index (χ3n) is 5.89. The molecular formula is C27H25F4N3O2. The molecule has 4 rings (SSSR count). The first kappa shape index (κ1) is 25.2. The highest BCUT2D eigenvalue weighted by atomic mass is 19.4. The van der Waals surface area contributed by atoms with Crippen LogP contribution in [0.4, 0.5) is 23.2 Å². The second kappa shape index (κ2) is 10.4. The molecule has 1 unspecified atom stereocenters. The van der Waals surface area contributed by atoms with Crippen molar-refractivity contribution in [1.29, 1.82) is 0 Å². The van der Waals surface area contributed by atoms with Gasteiger partial charge in [0, 0.05) is 38.3 Å². The van der Waals surface area contributed by atoms with Gasteiger partial charge >= 0.3 is 6.18 Å². The van der Waals surface area contributed by atoms with Crippen molar-refractivity contribution in [3.63, 3.8) is 0 Å². The zero-order valence-corrected chi connectivity index (χ0v) is 19.8. The number of benzene rings is 3. The number of carbonyl (C=O) groups excluding carboxylic acids is 1. The Morgan fingerprint density at radius 2 is 1.72 bits per heavy atom. The average molecular weight is 500 g/mol. The van der Waals surface area contributed by atoms with Crippen LogP contribution in [-0.2, 0) is 17.6 Å². The number of anilines is 1. The van der Waals surface area contributed by atoms with E-state index in [2.05, 4.69) is 5.16 Å². The lowest BCUT2D eigenvalue weighted by Crippen LogP contribution is -2.37. The number of carbonyl (C=O) groups is 1. The first-order chi connectivity index (χ1) is 17.1. The smallest absolute Gasteiger partial charge is 0.390 e. The first-order valence-corrected chi connectivity index (χ1v) is 11.3. The van der Waals surface area contributed by atoms with Gasteiger partial charge in [-0.3, -0.25) is 4.79 Å². The van der Waals surface area contributed by atoms with Gasteiger partial charge in [0.2, 0.25) is 0 Å². The predicted molar refractivity (Wildman–Crippen MR) is 129 cm³/mol. The van der Waals surface area contributed by atoms with Gasteiger partial charge in [0.15, 0.2) is 6.10 Å². The topological polar surface area (TPSA) is 45.1 Å². The van der Waals surface area contributed by atoms with Crippen LogP contribution in [0.3, 0.4) is 0 Å². The van der Waals surface area contributed by atoms with Crippen LogP contribution in [-0.4, -0.2) is 43.3 Å². The minimum atomic E-state index is -4.45. The molecule has 9 heteroatoms. The molecule has 1 heterocycles. The van der Waals surface area contributed by atoms with Crippen molar-refractivity contribution < 1.29 is 27.2 Å². The SMILES string of the molecule is CN(C)c1ccc(C2=NOC(CN(Cc3ccc(C(F)(F)F)cc3)C(=O)c3cccc(F)c3)C2)cc1. The molecule has 1 aliphatic rings. The summed E-state index contributed by atoms with van der Waals surface area (Å²) in [4.78, 5) is 22.3. The summed E-state index contributed by atoms with van der Waals surface area (Å²) >= 11 is 0. The minimum absolute atomic E-state index is 0.0280. The fourth-order valence-corrected chi connectivity index (χ4v) is 3.94. The number of rotatable bonds is 7. The first-order valence-electron chi connectivity index (χ1n) is 11.3. The molecule has 0 radical (unpaired) electrons. The molecule has 3 aromatic carbocycles. The summed E-state index contributed by atoms with van der Waals surface area (Å²) in [6, 6.07) is 17.7. The Morgan fingerprint density at radius 1 is 1.03 bits per heavy atom. The van der Waals surface area contributed by atoms with Gasteiger partial charge < -0.3 is 14.6 Å². The van der Waals surface area contributed by atoms with E-state index in [1.165, 1.54) is 35.2 Å². The second-order valence-corrected chi connectivity index (χ2v) is 8.80. The number of alkyl halides is 3. The molecule has 188 valence electrons. The maximum atomic E-state index is 13.8. The number of oxime groups is 1. The Morgan fingerprint density at radius 3 is 2.33 bits per heavy atom. The molecule has 0 N–H and O–H groups in total. The summed E-state index contributed by atoms with van der Waals surface area (Å²) in [5.41, 5.74) is 2.54. The van der Waals surface area contributed by atoms with E-state index in [0.717, 1.165) is 35.2 Å². The van der Waals surface area contributed by atoms with E-state index in [9.17, 15) is 22.4 Å². The van der Waals surface area contributed by atoms with Crippen LogP contribution >= 0.6 is 0 Å². The Bertz CT molecular complexity index is 1240. The molecule has 0 fully saturated rings. The monoisotopic (exact) mass is 499 g/mol. The lowest BCUT2D eigenvalue weighted by atomic mass is 10.0. The van der Waals surface area contributed by atoms with Crippen molar-refractivity contribution in [2.24, 2.45) is 5.16 Å². The summed E-state index contributed by atoms with van der Waals surface area (Å²) in [5.74, 6) is -1.01. The zero-order valence-electron chi connectivity index (χ0n) is 19.8. The molecule has 1 aliphatic heterocycles. The molecule has 1 amide bonds. The van der Waals surface area contributed by atoms with Crippen LogP contribution in [0, 0.1) is 5.82 Å². The third-order valence-corrected chi connectivity index (χ3v) is 5.89. The normalized spacial score (nSPS) is 15.3. The van der Waals surface area contributed by atoms with Crippen LogP contribution in [0.2, 0.25) is 0 Å². The largest absolute Gasteiger partial charge is 0.416 e.